The van der Waals surface area contributed by atoms with Gasteiger partial charge in [0.25, 0.3) is 0 Å². The predicted molar refractivity (Wildman–Crippen MR) is 46.4 cm³/mol. The molecule has 11 radical (unpaired) electrons. The van der Waals surface area contributed by atoms with Crippen LogP contribution in [0.1, 0.15) is 0 Å². The third-order valence-electron chi connectivity index (χ3n) is 2.12. The fraction of sp³-hybridized carbons (Fsp3) is 0.500. The molecular weight excluding hydrogens is 1100 g/mol. The van der Waals surface area contributed by atoms with Crippen molar-refractivity contribution < 1.29 is 360 Å². The van der Waals surface area contributed by atoms with Crippen LogP contribution in [0.5, 0.6) is 0 Å². The zero-order chi connectivity index (χ0) is 7.33. The van der Waals surface area contributed by atoms with Gasteiger partial charge in [0.1, 0.15) is 0 Å². The first-order valence-corrected chi connectivity index (χ1v) is 6.24. The van der Waals surface area contributed by atoms with Gasteiger partial charge in [-0.1, -0.05) is 8.07 Å². The molecule has 0 fully saturated rings. The molecule has 0 aliphatic heterocycles. The van der Waals surface area contributed by atoms with Gasteiger partial charge in [-0.15, -0.1) is 0 Å². The second-order valence-corrected chi connectivity index (χ2v) is 7.50. The molecule has 0 unspecified atom stereocenters. The second kappa shape index (κ2) is 57.8. The van der Waals surface area contributed by atoms with E-state index in [0.29, 0.717) is 0 Å². The van der Waals surface area contributed by atoms with Crippen molar-refractivity contribution >= 4 is 8.07 Å². The average Bonchev–Trinajstić information content (AvgIpc) is 1.95. The maximum absolute atomic E-state index is 3.91. The van der Waals surface area contributed by atoms with Gasteiger partial charge in [-0.25, -0.2) is 0 Å². The van der Waals surface area contributed by atoms with E-state index in [-0.39, 0.29) is 360 Å². The summed E-state index contributed by atoms with van der Waals surface area (Å²) < 4.78 is 0. The molecule has 20 heavy (non-hydrogen) atoms. The van der Waals surface area contributed by atoms with Crippen molar-refractivity contribution in [1.82, 2.24) is 0 Å². The van der Waals surface area contributed by atoms with Gasteiger partial charge in [0.2, 0.25) is 0 Å². The first kappa shape index (κ1) is 76.8. The SMILES string of the molecule is [CH2-]C[Si](C[CH2-])(C[CH2-])C[CH2-].[Y].[Y].[Y].[Y].[Y].[Y].[Y].[Y].[Y].[Y].[Y]. The topological polar surface area (TPSA) is 0 Å². The minimum absolute atomic E-state index is 0. The Labute approximate surface area is 406 Å². The van der Waals surface area contributed by atoms with Crippen molar-refractivity contribution in [2.24, 2.45) is 0 Å². The maximum Gasteiger partial charge on any atom is 0 e. The first-order valence-electron chi connectivity index (χ1n) is 3.41. The van der Waals surface area contributed by atoms with E-state index in [4.69, 9.17) is 0 Å². The Kier molecular flexibility index (Phi) is 222. The van der Waals surface area contributed by atoms with E-state index in [9.17, 15) is 0 Å². The fourth-order valence-electron chi connectivity index (χ4n) is 0.750. The van der Waals surface area contributed by atoms with Crippen LogP contribution in [0, 0.1) is 27.7 Å². The molecule has 0 amide bonds. The maximum atomic E-state index is 3.91. The van der Waals surface area contributed by atoms with Gasteiger partial charge in [-0.05, 0) is 0 Å². The first-order chi connectivity index (χ1) is 4.24. The summed E-state index contributed by atoms with van der Waals surface area (Å²) in [5.74, 6) is 0. The molecule has 0 aromatic carbocycles. The second-order valence-electron chi connectivity index (χ2n) is 2.50. The summed E-state index contributed by atoms with van der Waals surface area (Å²) in [4.78, 5) is 0. The van der Waals surface area contributed by atoms with Crippen LogP contribution in [0.4, 0.5) is 0 Å². The Balaban J connectivity index is -0.00000000582. The molecule has 0 rings (SSSR count). The number of hydrogen-bond donors (Lipinski definition) is 0. The van der Waals surface area contributed by atoms with Gasteiger partial charge in [-0.2, -0.15) is 24.2 Å². The molecular formula is C8H16SiY11-4. The summed E-state index contributed by atoms with van der Waals surface area (Å²) in [7, 11) is -1.14. The molecule has 0 nitrogen and oxygen atoms in total. The van der Waals surface area contributed by atoms with E-state index < -0.39 is 8.07 Å². The minimum atomic E-state index is -1.14. The van der Waals surface area contributed by atoms with Crippen LogP contribution in [0.25, 0.3) is 0 Å². The molecule has 0 aromatic rings. The zero-order valence-corrected chi connectivity index (χ0v) is 44.7. The molecule has 0 saturated heterocycles. The monoisotopic (exact) mass is 1120 g/mol. The number of hydrogen-bond acceptors (Lipinski definition) is 0. The summed E-state index contributed by atoms with van der Waals surface area (Å²) in [6, 6.07) is 4.18. The Morgan fingerprint density at radius 3 is 0.450 bits per heavy atom. The van der Waals surface area contributed by atoms with E-state index >= 15 is 0 Å². The number of rotatable bonds is 4. The van der Waals surface area contributed by atoms with Gasteiger partial charge in [-0.3, -0.25) is 0 Å². The van der Waals surface area contributed by atoms with E-state index in [1.165, 1.54) is 0 Å². The standard InChI is InChI=1S/C8H16Si.11Y/c1-5-9(6-2,7-3)8-4;;;;;;;;;;;/h1-8H2;;;;;;;;;;;/q-4;;;;;;;;;;;. The smallest absolute Gasteiger partial charge is 0 e. The third-order valence-corrected chi connectivity index (χ3v) is 6.36. The third kappa shape index (κ3) is 44.1. The minimum Gasteiger partial charge on any atom is -0.346 e. The van der Waals surface area contributed by atoms with Crippen molar-refractivity contribution in [3.05, 3.63) is 27.7 Å². The largest absolute Gasteiger partial charge is 0.346 e. The zero-order valence-electron chi connectivity index (χ0n) is 12.5. The Hall–Kier alpha value is 12.4. The average molecular weight is 1120 g/mol. The van der Waals surface area contributed by atoms with Gasteiger partial charge in [0.05, 0.1) is 0 Å². The summed E-state index contributed by atoms with van der Waals surface area (Å²) in [6.07, 6.45) is 0. The summed E-state index contributed by atoms with van der Waals surface area (Å²) in [5.41, 5.74) is 0. The van der Waals surface area contributed by atoms with Crippen molar-refractivity contribution in [3.8, 4) is 0 Å². The van der Waals surface area contributed by atoms with E-state index in [1.807, 2.05) is 0 Å². The van der Waals surface area contributed by atoms with Gasteiger partial charge in [0, 0.05) is 360 Å². The molecule has 0 spiro atoms. The van der Waals surface area contributed by atoms with Gasteiger partial charge < -0.3 is 27.7 Å². The van der Waals surface area contributed by atoms with Crippen molar-refractivity contribution in [2.45, 2.75) is 24.2 Å². The Morgan fingerprint density at radius 1 is 0.350 bits per heavy atom. The summed E-state index contributed by atoms with van der Waals surface area (Å²) in [5, 5.41) is 0. The molecule has 0 aliphatic carbocycles. The fourth-order valence-corrected chi connectivity index (χ4v) is 2.25. The van der Waals surface area contributed by atoms with Crippen LogP contribution in [-0.2, 0) is 360 Å². The molecule has 0 saturated carbocycles. The van der Waals surface area contributed by atoms with E-state index in [0.717, 1.165) is 24.2 Å². The molecule has 89 valence electrons. The van der Waals surface area contributed by atoms with E-state index in [1.54, 1.807) is 0 Å². The molecule has 0 bridgehead atoms. The molecule has 12 heteroatoms. The van der Waals surface area contributed by atoms with Crippen LogP contribution < -0.4 is 0 Å². The van der Waals surface area contributed by atoms with Crippen molar-refractivity contribution in [2.75, 3.05) is 0 Å². The van der Waals surface area contributed by atoms with Crippen molar-refractivity contribution in [3.63, 3.8) is 0 Å². The van der Waals surface area contributed by atoms with Gasteiger partial charge in [0.15, 0.2) is 0 Å². The van der Waals surface area contributed by atoms with Crippen LogP contribution >= 0.6 is 0 Å². The molecule has 0 heterocycles. The predicted octanol–water partition coefficient (Wildman–Crippen LogP) is 2.74. The van der Waals surface area contributed by atoms with Crippen LogP contribution in [0.15, 0.2) is 0 Å². The van der Waals surface area contributed by atoms with Crippen LogP contribution in [0.3, 0.4) is 0 Å². The molecule has 0 aliphatic rings. The van der Waals surface area contributed by atoms with E-state index in [2.05, 4.69) is 27.7 Å². The van der Waals surface area contributed by atoms with Crippen molar-refractivity contribution in [1.29, 1.82) is 0 Å². The summed E-state index contributed by atoms with van der Waals surface area (Å²) in [6.45, 7) is 15.6. The molecule has 0 aromatic heterocycles. The quantitative estimate of drug-likeness (QED) is 0.301. The van der Waals surface area contributed by atoms with Gasteiger partial charge >= 0.3 is 0 Å². The molecule has 0 atom stereocenters. The summed E-state index contributed by atoms with van der Waals surface area (Å²) >= 11 is 0. The Morgan fingerprint density at radius 2 is 0.450 bits per heavy atom. The van der Waals surface area contributed by atoms with Crippen LogP contribution in [-0.4, -0.2) is 8.07 Å². The van der Waals surface area contributed by atoms with Crippen LogP contribution in [0.2, 0.25) is 24.2 Å². The molecule has 0 N–H and O–H groups in total. The normalized spacial score (nSPS) is 5.40. The Bertz CT molecular complexity index is 67.3.